The van der Waals surface area contributed by atoms with Gasteiger partial charge in [0, 0.05) is 25.5 Å². The van der Waals surface area contributed by atoms with Crippen LogP contribution in [0.2, 0.25) is 0 Å². The van der Waals surface area contributed by atoms with Crippen molar-refractivity contribution in [2.75, 3.05) is 24.3 Å². The van der Waals surface area contributed by atoms with E-state index in [1.807, 2.05) is 57.1 Å². The van der Waals surface area contributed by atoms with Crippen LogP contribution in [0.15, 0.2) is 24.3 Å². The molecule has 1 amide bonds. The quantitative estimate of drug-likeness (QED) is 0.841. The molecule has 0 aliphatic carbocycles. The van der Waals surface area contributed by atoms with Gasteiger partial charge in [-0.1, -0.05) is 19.9 Å². The molecule has 0 saturated carbocycles. The molecule has 0 aromatic heterocycles. The zero-order chi connectivity index (χ0) is 13.8. The van der Waals surface area contributed by atoms with Crippen molar-refractivity contribution in [3.8, 4) is 0 Å². The molecule has 1 aromatic rings. The van der Waals surface area contributed by atoms with Crippen molar-refractivity contribution >= 4 is 17.3 Å². The second-order valence-corrected chi connectivity index (χ2v) is 4.76. The zero-order valence-electron chi connectivity index (χ0n) is 11.7. The molecule has 0 atom stereocenters. The van der Waals surface area contributed by atoms with Crippen molar-refractivity contribution < 1.29 is 4.79 Å². The Morgan fingerprint density at radius 1 is 1.33 bits per heavy atom. The van der Waals surface area contributed by atoms with Gasteiger partial charge in [-0.2, -0.15) is 0 Å². The highest BCUT2D eigenvalue weighted by molar-refractivity contribution is 5.98. The van der Waals surface area contributed by atoms with Crippen molar-refractivity contribution in [2.45, 2.75) is 32.2 Å². The van der Waals surface area contributed by atoms with Crippen molar-refractivity contribution in [1.29, 1.82) is 0 Å². The van der Waals surface area contributed by atoms with E-state index in [1.54, 1.807) is 0 Å². The number of benzene rings is 1. The molecular formula is C14H23N3O. The van der Waals surface area contributed by atoms with Gasteiger partial charge in [0.2, 0.25) is 5.91 Å². The third kappa shape index (κ3) is 3.23. The minimum absolute atomic E-state index is 0.122. The van der Waals surface area contributed by atoms with Crippen LogP contribution in [0, 0.1) is 0 Å². The van der Waals surface area contributed by atoms with Crippen molar-refractivity contribution in [3.05, 3.63) is 24.3 Å². The lowest BCUT2D eigenvalue weighted by Gasteiger charge is -2.25. The van der Waals surface area contributed by atoms with Gasteiger partial charge in [0.25, 0.3) is 0 Å². The topological polar surface area (TPSA) is 58.4 Å². The fourth-order valence-corrected chi connectivity index (χ4v) is 1.69. The Labute approximate surface area is 109 Å². The van der Waals surface area contributed by atoms with Crippen LogP contribution in [0.3, 0.4) is 0 Å². The van der Waals surface area contributed by atoms with Crippen molar-refractivity contribution in [2.24, 2.45) is 5.73 Å². The van der Waals surface area contributed by atoms with E-state index < -0.39 is 5.54 Å². The minimum Gasteiger partial charge on any atom is -0.378 e. The number of hydrogen-bond donors (Lipinski definition) is 2. The molecule has 100 valence electrons. The van der Waals surface area contributed by atoms with Gasteiger partial charge in [0.05, 0.1) is 5.54 Å². The molecule has 0 fully saturated rings. The van der Waals surface area contributed by atoms with E-state index in [2.05, 4.69) is 5.32 Å². The van der Waals surface area contributed by atoms with Crippen LogP contribution in [-0.2, 0) is 4.79 Å². The van der Waals surface area contributed by atoms with Gasteiger partial charge in [-0.15, -0.1) is 0 Å². The van der Waals surface area contributed by atoms with Gasteiger partial charge in [-0.05, 0) is 31.0 Å². The lowest BCUT2D eigenvalue weighted by molar-refractivity contribution is -0.121. The Morgan fingerprint density at radius 3 is 2.44 bits per heavy atom. The Hall–Kier alpha value is -1.55. The number of hydrogen-bond acceptors (Lipinski definition) is 3. The second kappa shape index (κ2) is 5.87. The number of anilines is 2. The highest BCUT2D eigenvalue weighted by Crippen LogP contribution is 2.20. The third-order valence-corrected chi connectivity index (χ3v) is 3.33. The van der Waals surface area contributed by atoms with E-state index in [4.69, 9.17) is 5.73 Å². The van der Waals surface area contributed by atoms with Crippen LogP contribution >= 0.6 is 0 Å². The van der Waals surface area contributed by atoms with Crippen LogP contribution < -0.4 is 16.0 Å². The molecule has 4 nitrogen and oxygen atoms in total. The summed E-state index contributed by atoms with van der Waals surface area (Å²) in [5.41, 5.74) is 7.11. The standard InChI is InChI=1S/C14H23N3O/c1-5-14(15,6-2)13(18)16-11-8-7-9-12(10-11)17(3)4/h7-10H,5-6,15H2,1-4H3,(H,16,18). The number of amides is 1. The summed E-state index contributed by atoms with van der Waals surface area (Å²) in [6.45, 7) is 3.86. The van der Waals surface area contributed by atoms with E-state index >= 15 is 0 Å². The van der Waals surface area contributed by atoms with E-state index in [-0.39, 0.29) is 5.91 Å². The SMILES string of the molecule is CCC(N)(CC)C(=O)Nc1cccc(N(C)C)c1. The molecule has 0 spiro atoms. The first-order valence-corrected chi connectivity index (χ1v) is 6.30. The summed E-state index contributed by atoms with van der Waals surface area (Å²) < 4.78 is 0. The molecule has 0 heterocycles. The summed E-state index contributed by atoms with van der Waals surface area (Å²) in [6.07, 6.45) is 1.26. The first kappa shape index (κ1) is 14.5. The van der Waals surface area contributed by atoms with Crippen LogP contribution in [0.25, 0.3) is 0 Å². The predicted octanol–water partition coefficient (Wildman–Crippen LogP) is 2.21. The van der Waals surface area contributed by atoms with E-state index in [9.17, 15) is 4.79 Å². The van der Waals surface area contributed by atoms with Crippen LogP contribution in [0.4, 0.5) is 11.4 Å². The fourth-order valence-electron chi connectivity index (χ4n) is 1.69. The highest BCUT2D eigenvalue weighted by atomic mass is 16.2. The Bertz CT molecular complexity index is 411. The number of rotatable bonds is 5. The summed E-state index contributed by atoms with van der Waals surface area (Å²) in [5.74, 6) is -0.122. The Balaban J connectivity index is 2.85. The summed E-state index contributed by atoms with van der Waals surface area (Å²) in [4.78, 5) is 14.1. The van der Waals surface area contributed by atoms with Gasteiger partial charge in [-0.3, -0.25) is 4.79 Å². The second-order valence-electron chi connectivity index (χ2n) is 4.76. The lowest BCUT2D eigenvalue weighted by Crippen LogP contribution is -2.50. The molecule has 18 heavy (non-hydrogen) atoms. The molecule has 0 unspecified atom stereocenters. The van der Waals surface area contributed by atoms with Crippen LogP contribution in [-0.4, -0.2) is 25.5 Å². The van der Waals surface area contributed by atoms with Gasteiger partial charge in [0.1, 0.15) is 0 Å². The first-order chi connectivity index (χ1) is 8.42. The summed E-state index contributed by atoms with van der Waals surface area (Å²) in [5, 5.41) is 2.89. The molecule has 1 rings (SSSR count). The number of carbonyl (C=O) groups excluding carboxylic acids is 1. The molecule has 0 radical (unpaired) electrons. The van der Waals surface area contributed by atoms with Crippen LogP contribution in [0.5, 0.6) is 0 Å². The van der Waals surface area contributed by atoms with E-state index in [0.29, 0.717) is 12.8 Å². The average Bonchev–Trinajstić information content (AvgIpc) is 2.38. The molecule has 4 heteroatoms. The van der Waals surface area contributed by atoms with E-state index in [0.717, 1.165) is 11.4 Å². The number of nitrogens with one attached hydrogen (secondary N) is 1. The molecular weight excluding hydrogens is 226 g/mol. The summed E-state index contributed by atoms with van der Waals surface area (Å²) >= 11 is 0. The number of carbonyl (C=O) groups is 1. The molecule has 3 N–H and O–H groups in total. The maximum absolute atomic E-state index is 12.1. The van der Waals surface area contributed by atoms with Gasteiger partial charge in [0.15, 0.2) is 0 Å². The van der Waals surface area contributed by atoms with E-state index in [1.165, 1.54) is 0 Å². The molecule has 1 aromatic carbocycles. The smallest absolute Gasteiger partial charge is 0.244 e. The van der Waals surface area contributed by atoms with Gasteiger partial charge < -0.3 is 16.0 Å². The lowest BCUT2D eigenvalue weighted by atomic mass is 9.93. The maximum Gasteiger partial charge on any atom is 0.244 e. The Morgan fingerprint density at radius 2 is 1.94 bits per heavy atom. The van der Waals surface area contributed by atoms with Gasteiger partial charge in [-0.25, -0.2) is 0 Å². The average molecular weight is 249 g/mol. The van der Waals surface area contributed by atoms with Crippen LogP contribution in [0.1, 0.15) is 26.7 Å². The normalized spacial score (nSPS) is 11.2. The molecule has 0 aliphatic heterocycles. The first-order valence-electron chi connectivity index (χ1n) is 6.30. The largest absolute Gasteiger partial charge is 0.378 e. The Kier molecular flexibility index (Phi) is 4.73. The summed E-state index contributed by atoms with van der Waals surface area (Å²) in [6, 6.07) is 7.71. The summed E-state index contributed by atoms with van der Waals surface area (Å²) in [7, 11) is 3.93. The third-order valence-electron chi connectivity index (χ3n) is 3.33. The highest BCUT2D eigenvalue weighted by Gasteiger charge is 2.29. The maximum atomic E-state index is 12.1. The zero-order valence-corrected chi connectivity index (χ0v) is 11.7. The predicted molar refractivity (Wildman–Crippen MR) is 76.9 cm³/mol. The molecule has 0 aliphatic rings. The number of nitrogens with two attached hydrogens (primary N) is 1. The monoisotopic (exact) mass is 249 g/mol. The molecule has 0 bridgehead atoms. The minimum atomic E-state index is -0.784. The van der Waals surface area contributed by atoms with Crippen molar-refractivity contribution in [3.63, 3.8) is 0 Å². The van der Waals surface area contributed by atoms with Gasteiger partial charge >= 0.3 is 0 Å². The van der Waals surface area contributed by atoms with Crippen molar-refractivity contribution in [1.82, 2.24) is 0 Å². The number of nitrogens with zero attached hydrogens (tertiary/aromatic N) is 1. The fraction of sp³-hybridized carbons (Fsp3) is 0.500. The molecule has 0 saturated heterocycles.